The Hall–Kier alpha value is -2.94. The van der Waals surface area contributed by atoms with Gasteiger partial charge in [0.25, 0.3) is 0 Å². The summed E-state index contributed by atoms with van der Waals surface area (Å²) in [5, 5.41) is 11.1. The minimum Gasteiger partial charge on any atom is -0.494 e. The number of hydrogen-bond acceptors (Lipinski definition) is 6. The Morgan fingerprint density at radius 1 is 1.12 bits per heavy atom. The largest absolute Gasteiger partial charge is 0.494 e. The minimum atomic E-state index is -1.16. The molecule has 1 aliphatic rings. The summed E-state index contributed by atoms with van der Waals surface area (Å²) in [7, 11) is 0. The molecule has 0 aliphatic carbocycles. The highest BCUT2D eigenvalue weighted by molar-refractivity contribution is 5.28. The molecule has 0 bridgehead atoms. The number of aromatic nitrogens is 2. The van der Waals surface area contributed by atoms with Crippen LogP contribution in [-0.4, -0.2) is 64.7 Å². The van der Waals surface area contributed by atoms with Crippen LogP contribution in [0, 0.1) is 5.82 Å². The van der Waals surface area contributed by atoms with Gasteiger partial charge in [0.05, 0.1) is 26.1 Å². The fraction of sp³-hybridized carbons (Fsp3) is 0.400. The van der Waals surface area contributed by atoms with Gasteiger partial charge in [-0.2, -0.15) is 0 Å². The van der Waals surface area contributed by atoms with E-state index in [1.165, 1.54) is 12.1 Å². The molecule has 1 N–H and O–H groups in total. The predicted molar refractivity (Wildman–Crippen MR) is 122 cm³/mol. The Balaban J connectivity index is 1.28. The summed E-state index contributed by atoms with van der Waals surface area (Å²) in [5.41, 5.74) is -0.0578. The quantitative estimate of drug-likeness (QED) is 0.474. The molecule has 0 spiro atoms. The molecule has 33 heavy (non-hydrogen) atoms. The topological polar surface area (TPSA) is 69.0 Å². The van der Waals surface area contributed by atoms with E-state index in [1.54, 1.807) is 24.7 Å². The van der Waals surface area contributed by atoms with E-state index in [1.807, 2.05) is 29.0 Å². The van der Waals surface area contributed by atoms with E-state index in [4.69, 9.17) is 14.2 Å². The van der Waals surface area contributed by atoms with Crippen LogP contribution in [0.1, 0.15) is 12.0 Å². The summed E-state index contributed by atoms with van der Waals surface area (Å²) < 4.78 is 32.4. The minimum absolute atomic E-state index is 0.0647. The third-order valence-corrected chi connectivity index (χ3v) is 5.45. The number of β-amino-alcohol motifs (C(OH)–C–C–N with tert-alkyl or cyclic N) is 1. The maximum atomic E-state index is 13.1. The van der Waals surface area contributed by atoms with Crippen molar-refractivity contribution >= 4 is 0 Å². The van der Waals surface area contributed by atoms with Crippen molar-refractivity contribution in [3.05, 3.63) is 78.6 Å². The maximum absolute atomic E-state index is 13.1. The highest BCUT2D eigenvalue weighted by atomic mass is 19.1. The van der Waals surface area contributed by atoms with Gasteiger partial charge in [-0.1, -0.05) is 12.1 Å². The first-order valence-corrected chi connectivity index (χ1v) is 11.2. The molecule has 1 aromatic heterocycles. The van der Waals surface area contributed by atoms with Gasteiger partial charge in [-0.15, -0.1) is 0 Å². The van der Waals surface area contributed by atoms with Crippen LogP contribution in [0.4, 0.5) is 4.39 Å². The Kier molecular flexibility index (Phi) is 7.93. The number of imidazole rings is 1. The number of aryl methyl sites for hydroxylation is 1. The van der Waals surface area contributed by atoms with Gasteiger partial charge in [-0.05, 0) is 48.4 Å². The van der Waals surface area contributed by atoms with E-state index in [9.17, 15) is 9.50 Å². The van der Waals surface area contributed by atoms with Gasteiger partial charge in [0.1, 0.15) is 29.5 Å². The van der Waals surface area contributed by atoms with Crippen LogP contribution in [0.2, 0.25) is 0 Å². The molecule has 1 fully saturated rings. The highest BCUT2D eigenvalue weighted by Crippen LogP contribution is 2.20. The Labute approximate surface area is 193 Å². The van der Waals surface area contributed by atoms with Crippen LogP contribution in [0.3, 0.4) is 0 Å². The van der Waals surface area contributed by atoms with Crippen molar-refractivity contribution in [1.29, 1.82) is 0 Å². The first-order chi connectivity index (χ1) is 16.1. The van der Waals surface area contributed by atoms with Gasteiger partial charge in [-0.25, -0.2) is 9.37 Å². The van der Waals surface area contributed by atoms with Crippen LogP contribution >= 0.6 is 0 Å². The summed E-state index contributed by atoms with van der Waals surface area (Å²) in [6.45, 7) is 4.04. The van der Waals surface area contributed by atoms with Crippen molar-refractivity contribution in [3.63, 3.8) is 0 Å². The average molecular weight is 456 g/mol. The smallest absolute Gasteiger partial charge is 0.134 e. The second kappa shape index (κ2) is 11.3. The zero-order valence-electron chi connectivity index (χ0n) is 18.6. The number of halogens is 1. The van der Waals surface area contributed by atoms with E-state index in [-0.39, 0.29) is 19.0 Å². The van der Waals surface area contributed by atoms with Crippen LogP contribution in [-0.2, 0) is 17.8 Å². The van der Waals surface area contributed by atoms with Gasteiger partial charge in [-0.3, -0.25) is 4.90 Å². The molecule has 3 aromatic rings. The summed E-state index contributed by atoms with van der Waals surface area (Å²) in [5.74, 6) is 1.02. The molecule has 1 saturated heterocycles. The molecular weight excluding hydrogens is 425 g/mol. The van der Waals surface area contributed by atoms with Crippen molar-refractivity contribution in [2.45, 2.75) is 25.1 Å². The molecular formula is C25H30FN3O4. The maximum Gasteiger partial charge on any atom is 0.134 e. The van der Waals surface area contributed by atoms with Crippen molar-refractivity contribution in [2.75, 3.05) is 39.5 Å². The number of aliphatic hydroxyl groups is 1. The second-order valence-electron chi connectivity index (χ2n) is 8.38. The summed E-state index contributed by atoms with van der Waals surface area (Å²) >= 11 is 0. The zero-order valence-corrected chi connectivity index (χ0v) is 18.6. The normalized spacial score (nSPS) is 19.2. The first-order valence-electron chi connectivity index (χ1n) is 11.2. The lowest BCUT2D eigenvalue weighted by Gasteiger charge is -2.30. The third-order valence-electron chi connectivity index (χ3n) is 5.45. The molecule has 2 aromatic carbocycles. The molecule has 1 aliphatic heterocycles. The number of nitrogens with zero attached hydrogens (tertiary/aromatic N) is 3. The summed E-state index contributed by atoms with van der Waals surface area (Å²) in [4.78, 5) is 6.19. The lowest BCUT2D eigenvalue weighted by atomic mass is 10.1. The number of rotatable bonds is 10. The van der Waals surface area contributed by atoms with Crippen LogP contribution in [0.25, 0.3) is 0 Å². The SMILES string of the molecule is OC1(COc2ccc(F)cc2)COCCN(Cc2cccc(OCCCn3ccnc3)c2)C1. The van der Waals surface area contributed by atoms with Crippen LogP contribution in [0.5, 0.6) is 11.5 Å². The van der Waals surface area contributed by atoms with Crippen molar-refractivity contribution < 1.29 is 23.7 Å². The molecule has 7 nitrogen and oxygen atoms in total. The Bertz CT molecular complexity index is 984. The molecule has 0 radical (unpaired) electrons. The first kappa shape index (κ1) is 23.2. The monoisotopic (exact) mass is 455 g/mol. The fourth-order valence-electron chi connectivity index (χ4n) is 3.82. The zero-order chi connectivity index (χ0) is 22.9. The van der Waals surface area contributed by atoms with E-state index < -0.39 is 5.60 Å². The number of benzene rings is 2. The highest BCUT2D eigenvalue weighted by Gasteiger charge is 2.33. The molecule has 4 rings (SSSR count). The van der Waals surface area contributed by atoms with E-state index >= 15 is 0 Å². The van der Waals surface area contributed by atoms with Crippen molar-refractivity contribution in [1.82, 2.24) is 14.5 Å². The van der Waals surface area contributed by atoms with Gasteiger partial charge in [0, 0.05) is 38.6 Å². The van der Waals surface area contributed by atoms with Gasteiger partial charge < -0.3 is 23.9 Å². The fourth-order valence-corrected chi connectivity index (χ4v) is 3.82. The van der Waals surface area contributed by atoms with Gasteiger partial charge in [0.15, 0.2) is 0 Å². The number of hydrogen-bond donors (Lipinski definition) is 1. The van der Waals surface area contributed by atoms with Crippen LogP contribution in [0.15, 0.2) is 67.3 Å². The van der Waals surface area contributed by atoms with Gasteiger partial charge in [0.2, 0.25) is 0 Å². The second-order valence-corrected chi connectivity index (χ2v) is 8.38. The third kappa shape index (κ3) is 7.28. The lowest BCUT2D eigenvalue weighted by Crippen LogP contribution is -2.48. The van der Waals surface area contributed by atoms with Crippen molar-refractivity contribution in [3.8, 4) is 11.5 Å². The molecule has 2 heterocycles. The van der Waals surface area contributed by atoms with E-state index in [2.05, 4.69) is 16.0 Å². The van der Waals surface area contributed by atoms with E-state index in [0.717, 1.165) is 24.3 Å². The Morgan fingerprint density at radius 2 is 2.00 bits per heavy atom. The average Bonchev–Trinajstić information content (AvgIpc) is 3.26. The Morgan fingerprint density at radius 3 is 2.82 bits per heavy atom. The molecule has 1 unspecified atom stereocenters. The molecule has 176 valence electrons. The molecule has 0 saturated carbocycles. The predicted octanol–water partition coefficient (Wildman–Crippen LogP) is 3.13. The van der Waals surface area contributed by atoms with Gasteiger partial charge >= 0.3 is 0 Å². The van der Waals surface area contributed by atoms with Crippen LogP contribution < -0.4 is 9.47 Å². The molecule has 8 heteroatoms. The van der Waals surface area contributed by atoms with Crippen molar-refractivity contribution in [2.24, 2.45) is 0 Å². The summed E-state index contributed by atoms with van der Waals surface area (Å²) in [6, 6.07) is 13.8. The standard InChI is InChI=1S/C25H30FN3O4/c26-22-5-7-23(8-6-22)33-19-25(30)17-29(12-14-31-18-25)16-21-3-1-4-24(15-21)32-13-2-10-28-11-9-27-20-28/h1,3-9,11,15,20,30H,2,10,12-14,16-19H2. The molecule has 0 amide bonds. The lowest BCUT2D eigenvalue weighted by molar-refractivity contribution is -0.0646. The molecule has 1 atom stereocenters. The summed E-state index contributed by atoms with van der Waals surface area (Å²) in [6.07, 6.45) is 6.41. The van der Waals surface area contributed by atoms with E-state index in [0.29, 0.717) is 38.6 Å². The number of ether oxygens (including phenoxy) is 3.